The lowest BCUT2D eigenvalue weighted by molar-refractivity contribution is -0.118. The fourth-order valence-corrected chi connectivity index (χ4v) is 3.40. The Hall–Kier alpha value is -2.60. The summed E-state index contributed by atoms with van der Waals surface area (Å²) in [5.74, 6) is 0.301. The molecule has 0 bridgehead atoms. The average Bonchev–Trinajstić information content (AvgIpc) is 3.02. The van der Waals surface area contributed by atoms with Gasteiger partial charge in [-0.2, -0.15) is 0 Å². The van der Waals surface area contributed by atoms with E-state index in [1.807, 2.05) is 17.6 Å². The predicted octanol–water partition coefficient (Wildman–Crippen LogP) is 3.41. The van der Waals surface area contributed by atoms with E-state index < -0.39 is 0 Å². The number of fused-ring (bicyclic) bond motifs is 2. The quantitative estimate of drug-likeness (QED) is 0.774. The van der Waals surface area contributed by atoms with Crippen LogP contribution in [0.1, 0.15) is 12.5 Å². The number of carbonyl (C=O) groups is 1. The molecule has 0 spiro atoms. The van der Waals surface area contributed by atoms with Gasteiger partial charge in [0.05, 0.1) is 40.1 Å². The van der Waals surface area contributed by atoms with Crippen molar-refractivity contribution in [3.8, 4) is 17.1 Å². The van der Waals surface area contributed by atoms with E-state index >= 15 is 0 Å². The molecule has 3 aromatic rings. The predicted molar refractivity (Wildman–Crippen MR) is 92.5 cm³/mol. The summed E-state index contributed by atoms with van der Waals surface area (Å²) < 4.78 is 7.51. The summed E-state index contributed by atoms with van der Waals surface area (Å²) in [6, 6.07) is 3.79. The second-order valence-electron chi connectivity index (χ2n) is 5.69. The number of halogens is 1. The normalized spacial score (nSPS) is 13.5. The maximum absolute atomic E-state index is 11.6. The van der Waals surface area contributed by atoms with E-state index in [0.717, 1.165) is 28.9 Å². The Morgan fingerprint density at radius 3 is 3.04 bits per heavy atom. The minimum atomic E-state index is -0.199. The van der Waals surface area contributed by atoms with Crippen LogP contribution in [0.4, 0.5) is 5.69 Å². The number of imidazole rings is 1. The van der Waals surface area contributed by atoms with E-state index in [2.05, 4.69) is 17.2 Å². The zero-order valence-corrected chi connectivity index (χ0v) is 14.0. The highest BCUT2D eigenvalue weighted by Crippen LogP contribution is 2.42. The Bertz CT molecular complexity index is 980. The van der Waals surface area contributed by atoms with Gasteiger partial charge in [0, 0.05) is 11.9 Å². The number of ether oxygens (including phenoxy) is 1. The number of nitrogens with zero attached hydrogens (tertiary/aromatic N) is 3. The van der Waals surface area contributed by atoms with Crippen molar-refractivity contribution >= 4 is 34.1 Å². The van der Waals surface area contributed by atoms with Gasteiger partial charge in [0.25, 0.3) is 5.91 Å². The Morgan fingerprint density at radius 2 is 2.25 bits per heavy atom. The third-order valence-corrected chi connectivity index (χ3v) is 4.49. The van der Waals surface area contributed by atoms with Crippen LogP contribution in [0.15, 0.2) is 24.7 Å². The van der Waals surface area contributed by atoms with Gasteiger partial charge in [-0.15, -0.1) is 0 Å². The fraction of sp³-hybridized carbons (Fsp3) is 0.235. The van der Waals surface area contributed by atoms with Crippen LogP contribution in [0.3, 0.4) is 0 Å². The molecule has 7 heteroatoms. The van der Waals surface area contributed by atoms with Gasteiger partial charge in [0.15, 0.2) is 12.4 Å². The number of benzene rings is 1. The van der Waals surface area contributed by atoms with Crippen LogP contribution < -0.4 is 10.1 Å². The summed E-state index contributed by atoms with van der Waals surface area (Å²) in [5.41, 5.74) is 4.02. The highest BCUT2D eigenvalue weighted by molar-refractivity contribution is 6.38. The third-order valence-electron chi connectivity index (χ3n) is 4.13. The van der Waals surface area contributed by atoms with Crippen molar-refractivity contribution < 1.29 is 9.53 Å². The molecule has 1 aliphatic heterocycles. The standard InChI is InChI=1S/C17H15ClN4O2/c1-3-22-8-19-6-13(22)10-4-9(2)15-11(20-10)5-12-17(16(15)18)24-7-14(23)21-12/h4-6,8H,3,7H2,1-2H3,(H,21,23). The van der Waals surface area contributed by atoms with Crippen molar-refractivity contribution in [3.05, 3.63) is 35.2 Å². The van der Waals surface area contributed by atoms with Crippen LogP contribution in [0, 0.1) is 6.92 Å². The van der Waals surface area contributed by atoms with E-state index in [9.17, 15) is 4.79 Å². The maximum atomic E-state index is 11.6. The molecule has 1 aliphatic rings. The van der Waals surface area contributed by atoms with Gasteiger partial charge in [0.1, 0.15) is 0 Å². The molecule has 6 nitrogen and oxygen atoms in total. The molecule has 0 radical (unpaired) electrons. The molecule has 0 atom stereocenters. The number of rotatable bonds is 2. The number of aryl methyl sites for hydroxylation is 2. The van der Waals surface area contributed by atoms with E-state index in [-0.39, 0.29) is 12.5 Å². The van der Waals surface area contributed by atoms with Gasteiger partial charge in [-0.3, -0.25) is 4.79 Å². The summed E-state index contributed by atoms with van der Waals surface area (Å²) in [4.78, 5) is 20.5. The SMILES string of the molecule is CCn1cncc1-c1cc(C)c2c(Cl)c3c(cc2n1)NC(=O)CO3. The highest BCUT2D eigenvalue weighted by atomic mass is 35.5. The molecular formula is C17H15ClN4O2. The summed E-state index contributed by atoms with van der Waals surface area (Å²) in [7, 11) is 0. The summed E-state index contributed by atoms with van der Waals surface area (Å²) in [6.45, 7) is 4.82. The number of amides is 1. The molecule has 0 saturated heterocycles. The Kier molecular flexibility index (Phi) is 3.42. The summed E-state index contributed by atoms with van der Waals surface area (Å²) in [6.07, 6.45) is 3.58. The molecule has 0 aliphatic carbocycles. The number of nitrogens with one attached hydrogen (secondary N) is 1. The number of anilines is 1. The van der Waals surface area contributed by atoms with E-state index in [1.54, 1.807) is 18.6 Å². The lowest BCUT2D eigenvalue weighted by atomic mass is 10.1. The molecule has 0 saturated carbocycles. The van der Waals surface area contributed by atoms with Crippen molar-refractivity contribution in [2.24, 2.45) is 0 Å². The van der Waals surface area contributed by atoms with Gasteiger partial charge < -0.3 is 14.6 Å². The van der Waals surface area contributed by atoms with Crippen molar-refractivity contribution in [1.29, 1.82) is 0 Å². The molecule has 1 amide bonds. The fourth-order valence-electron chi connectivity index (χ4n) is 3.00. The minimum absolute atomic E-state index is 0.0293. The van der Waals surface area contributed by atoms with Crippen LogP contribution in [0.5, 0.6) is 5.75 Å². The molecule has 0 unspecified atom stereocenters. The number of hydrogen-bond donors (Lipinski definition) is 1. The second-order valence-corrected chi connectivity index (χ2v) is 6.07. The molecule has 1 N–H and O–H groups in total. The lowest BCUT2D eigenvalue weighted by Gasteiger charge is -2.21. The molecular weight excluding hydrogens is 328 g/mol. The van der Waals surface area contributed by atoms with E-state index in [1.165, 1.54) is 0 Å². The largest absolute Gasteiger partial charge is 0.480 e. The Labute approximate surface area is 143 Å². The van der Waals surface area contributed by atoms with Crippen molar-refractivity contribution in [1.82, 2.24) is 14.5 Å². The first-order chi connectivity index (χ1) is 11.6. The first-order valence-corrected chi connectivity index (χ1v) is 8.03. The first-order valence-electron chi connectivity index (χ1n) is 7.65. The molecule has 122 valence electrons. The summed E-state index contributed by atoms with van der Waals surface area (Å²) >= 11 is 6.51. The number of aromatic nitrogens is 3. The monoisotopic (exact) mass is 342 g/mol. The molecule has 3 heterocycles. The number of pyridine rings is 1. The Morgan fingerprint density at radius 1 is 1.42 bits per heavy atom. The minimum Gasteiger partial charge on any atom is -0.480 e. The van der Waals surface area contributed by atoms with Gasteiger partial charge in [-0.1, -0.05) is 11.6 Å². The van der Waals surface area contributed by atoms with Crippen molar-refractivity contribution in [2.45, 2.75) is 20.4 Å². The van der Waals surface area contributed by atoms with Gasteiger partial charge in [0.2, 0.25) is 0 Å². The number of hydrogen-bond acceptors (Lipinski definition) is 4. The second kappa shape index (κ2) is 5.49. The molecule has 24 heavy (non-hydrogen) atoms. The molecule has 1 aromatic carbocycles. The van der Waals surface area contributed by atoms with Crippen LogP contribution in [-0.2, 0) is 11.3 Å². The van der Waals surface area contributed by atoms with E-state index in [4.69, 9.17) is 21.3 Å². The van der Waals surface area contributed by atoms with Gasteiger partial charge in [-0.05, 0) is 31.5 Å². The summed E-state index contributed by atoms with van der Waals surface area (Å²) in [5, 5.41) is 4.09. The zero-order valence-electron chi connectivity index (χ0n) is 13.3. The van der Waals surface area contributed by atoms with E-state index in [0.29, 0.717) is 22.0 Å². The number of carbonyl (C=O) groups excluding carboxylic acids is 1. The van der Waals surface area contributed by atoms with Crippen LogP contribution in [0.2, 0.25) is 5.02 Å². The van der Waals surface area contributed by atoms with Crippen molar-refractivity contribution in [3.63, 3.8) is 0 Å². The molecule has 0 fully saturated rings. The zero-order chi connectivity index (χ0) is 16.8. The maximum Gasteiger partial charge on any atom is 0.262 e. The smallest absolute Gasteiger partial charge is 0.262 e. The Balaban J connectivity index is 1.97. The first kappa shape index (κ1) is 15.0. The van der Waals surface area contributed by atoms with Crippen LogP contribution >= 0.6 is 11.6 Å². The van der Waals surface area contributed by atoms with Gasteiger partial charge in [-0.25, -0.2) is 9.97 Å². The highest BCUT2D eigenvalue weighted by Gasteiger charge is 2.23. The third kappa shape index (κ3) is 2.22. The average molecular weight is 343 g/mol. The topological polar surface area (TPSA) is 69.0 Å². The van der Waals surface area contributed by atoms with Crippen LogP contribution in [-0.4, -0.2) is 27.0 Å². The van der Waals surface area contributed by atoms with Crippen LogP contribution in [0.25, 0.3) is 22.3 Å². The van der Waals surface area contributed by atoms with Crippen molar-refractivity contribution in [2.75, 3.05) is 11.9 Å². The molecule has 2 aromatic heterocycles. The van der Waals surface area contributed by atoms with Gasteiger partial charge >= 0.3 is 0 Å². The lowest BCUT2D eigenvalue weighted by Crippen LogP contribution is -2.25. The molecule has 4 rings (SSSR count).